The van der Waals surface area contributed by atoms with Gasteiger partial charge in [0, 0.05) is 68.9 Å². The quantitative estimate of drug-likeness (QED) is 0.756. The van der Waals surface area contributed by atoms with Crippen LogP contribution < -0.4 is 10.6 Å². The number of carbonyl (C=O) groups excluding carboxylic acids is 1. The molecular weight excluding hydrogens is 350 g/mol. The lowest BCUT2D eigenvalue weighted by molar-refractivity contribution is 0.0873. The number of nitrogens with zero attached hydrogens (tertiary/aromatic N) is 3. The Morgan fingerprint density at radius 2 is 2.12 bits per heavy atom. The van der Waals surface area contributed by atoms with Crippen LogP contribution in [0.1, 0.15) is 55.3 Å². The average Bonchev–Trinajstić information content (AvgIpc) is 3.37. The Hall–Kier alpha value is -1.09. The molecule has 0 spiro atoms. The van der Waals surface area contributed by atoms with Crippen LogP contribution in [0.15, 0.2) is 10.6 Å². The van der Waals surface area contributed by atoms with E-state index in [9.17, 15) is 4.79 Å². The summed E-state index contributed by atoms with van der Waals surface area (Å²) in [5, 5.41) is 10.6. The van der Waals surface area contributed by atoms with Crippen molar-refractivity contribution in [1.82, 2.24) is 24.4 Å². The minimum absolute atomic E-state index is 0.104. The Bertz CT molecular complexity index is 629. The Morgan fingerprint density at radius 1 is 1.35 bits per heavy atom. The van der Waals surface area contributed by atoms with Crippen molar-refractivity contribution in [2.24, 2.45) is 5.92 Å². The fourth-order valence-corrected chi connectivity index (χ4v) is 4.89. The van der Waals surface area contributed by atoms with E-state index < -0.39 is 0 Å². The molecule has 1 aromatic rings. The number of hydrogen-bond donors (Lipinski definition) is 2. The molecule has 8 heteroatoms. The van der Waals surface area contributed by atoms with E-state index in [1.54, 1.807) is 0 Å². The van der Waals surface area contributed by atoms with Crippen LogP contribution in [-0.4, -0.2) is 64.5 Å². The van der Waals surface area contributed by atoms with Crippen LogP contribution >= 0.6 is 12.1 Å². The number of hydrogen-bond acceptors (Lipinski definition) is 7. The predicted octanol–water partition coefficient (Wildman–Crippen LogP) is 1.85. The lowest BCUT2D eigenvalue weighted by Gasteiger charge is -2.43. The third-order valence-corrected chi connectivity index (χ3v) is 6.91. The highest BCUT2D eigenvalue weighted by atomic mass is 32.2. The van der Waals surface area contributed by atoms with Gasteiger partial charge in [0.25, 0.3) is 5.91 Å². The predicted molar refractivity (Wildman–Crippen MR) is 102 cm³/mol. The van der Waals surface area contributed by atoms with Crippen molar-refractivity contribution in [2.75, 3.05) is 32.7 Å². The first-order chi connectivity index (χ1) is 12.6. The molecule has 0 aromatic carbocycles. The van der Waals surface area contributed by atoms with Crippen molar-refractivity contribution in [1.29, 1.82) is 0 Å². The molecule has 3 heterocycles. The van der Waals surface area contributed by atoms with Gasteiger partial charge in [-0.2, -0.15) is 0 Å². The minimum Gasteiger partial charge on any atom is -0.360 e. The first-order valence-electron chi connectivity index (χ1n) is 9.78. The van der Waals surface area contributed by atoms with Crippen molar-refractivity contribution in [3.05, 3.63) is 17.5 Å². The van der Waals surface area contributed by atoms with E-state index in [0.29, 0.717) is 23.6 Å². The maximum atomic E-state index is 12.6. The zero-order valence-corrected chi connectivity index (χ0v) is 16.4. The molecule has 0 radical (unpaired) electrons. The van der Waals surface area contributed by atoms with E-state index in [1.807, 2.05) is 18.2 Å². The monoisotopic (exact) mass is 379 g/mol. The summed E-state index contributed by atoms with van der Waals surface area (Å²) in [7, 11) is 0. The fourth-order valence-electron chi connectivity index (χ4n) is 3.70. The summed E-state index contributed by atoms with van der Waals surface area (Å²) in [5.74, 6) is 1.64. The average molecular weight is 380 g/mol. The first kappa shape index (κ1) is 18.3. The van der Waals surface area contributed by atoms with Gasteiger partial charge in [-0.25, -0.2) is 8.61 Å². The summed E-state index contributed by atoms with van der Waals surface area (Å²) in [6, 6.07) is 2.42. The van der Waals surface area contributed by atoms with Crippen LogP contribution in [0.3, 0.4) is 0 Å². The second kappa shape index (κ2) is 7.88. The van der Waals surface area contributed by atoms with Crippen LogP contribution in [0.5, 0.6) is 0 Å². The topological polar surface area (TPSA) is 73.6 Å². The second-order valence-electron chi connectivity index (χ2n) is 7.89. The van der Waals surface area contributed by atoms with Gasteiger partial charge in [-0.15, -0.1) is 0 Å². The molecule has 1 aromatic heterocycles. The Kier molecular flexibility index (Phi) is 5.54. The van der Waals surface area contributed by atoms with Gasteiger partial charge >= 0.3 is 0 Å². The summed E-state index contributed by atoms with van der Waals surface area (Å²) in [6.07, 6.45) is 3.25. The van der Waals surface area contributed by atoms with E-state index in [2.05, 4.69) is 38.2 Å². The number of rotatable bonds is 5. The van der Waals surface area contributed by atoms with Crippen LogP contribution in [0, 0.1) is 5.92 Å². The van der Waals surface area contributed by atoms with Gasteiger partial charge in [0.15, 0.2) is 5.69 Å². The highest BCUT2D eigenvalue weighted by Crippen LogP contribution is 2.40. The van der Waals surface area contributed by atoms with E-state index >= 15 is 0 Å². The van der Waals surface area contributed by atoms with Crippen molar-refractivity contribution >= 4 is 18.0 Å². The van der Waals surface area contributed by atoms with Crippen LogP contribution in [0.25, 0.3) is 0 Å². The molecule has 1 aliphatic carbocycles. The van der Waals surface area contributed by atoms with Gasteiger partial charge in [-0.1, -0.05) is 12.1 Å². The molecule has 26 heavy (non-hydrogen) atoms. The van der Waals surface area contributed by atoms with Crippen LogP contribution in [-0.2, 0) is 0 Å². The fraction of sp³-hybridized carbons (Fsp3) is 0.778. The van der Waals surface area contributed by atoms with E-state index in [-0.39, 0.29) is 11.9 Å². The third-order valence-electron chi connectivity index (χ3n) is 5.60. The number of piperazine rings is 1. The van der Waals surface area contributed by atoms with Crippen molar-refractivity contribution in [3.63, 3.8) is 0 Å². The van der Waals surface area contributed by atoms with Gasteiger partial charge < -0.3 is 15.2 Å². The third kappa shape index (κ3) is 4.24. The number of carbonyl (C=O) groups is 1. The minimum atomic E-state index is -0.104. The molecular formula is C18H29N5O2S. The maximum Gasteiger partial charge on any atom is 0.273 e. The lowest BCUT2D eigenvalue weighted by atomic mass is 9.91. The van der Waals surface area contributed by atoms with Gasteiger partial charge in [0.1, 0.15) is 5.76 Å². The highest BCUT2D eigenvalue weighted by molar-refractivity contribution is 7.94. The largest absolute Gasteiger partial charge is 0.360 e. The number of aromatic nitrogens is 1. The van der Waals surface area contributed by atoms with E-state index in [0.717, 1.165) is 57.7 Å². The standard InChI is InChI=1S/C18H29N5O2S/c1-12-11-23(26-22-7-5-19-6-8-22)13(2)9-15(12)20-18(24)16-10-17(25-21-16)14-3-4-14/h10,12-15,19H,3-9,11H2,1-2H3,(H,20,24). The van der Waals surface area contributed by atoms with E-state index in [1.165, 1.54) is 0 Å². The van der Waals surface area contributed by atoms with Crippen molar-refractivity contribution in [3.8, 4) is 0 Å². The molecule has 3 fully saturated rings. The van der Waals surface area contributed by atoms with Gasteiger partial charge in [-0.3, -0.25) is 4.79 Å². The molecule has 2 N–H and O–H groups in total. The van der Waals surface area contributed by atoms with Crippen molar-refractivity contribution < 1.29 is 9.32 Å². The normalized spacial score (nSPS) is 31.1. The molecule has 3 unspecified atom stereocenters. The summed E-state index contributed by atoms with van der Waals surface area (Å²) < 4.78 is 10.2. The molecule has 144 valence electrons. The molecule has 1 saturated carbocycles. The molecule has 7 nitrogen and oxygen atoms in total. The van der Waals surface area contributed by atoms with Gasteiger partial charge in [0.2, 0.25) is 0 Å². The smallest absolute Gasteiger partial charge is 0.273 e. The van der Waals surface area contributed by atoms with Gasteiger partial charge in [0.05, 0.1) is 0 Å². The Balaban J connectivity index is 1.30. The molecule has 2 saturated heterocycles. The first-order valence-corrected chi connectivity index (χ1v) is 10.5. The Labute approximate surface area is 159 Å². The second-order valence-corrected chi connectivity index (χ2v) is 9.04. The zero-order valence-electron chi connectivity index (χ0n) is 15.6. The summed E-state index contributed by atoms with van der Waals surface area (Å²) in [5.41, 5.74) is 0.421. The van der Waals surface area contributed by atoms with Crippen molar-refractivity contribution in [2.45, 2.75) is 51.1 Å². The summed E-state index contributed by atoms with van der Waals surface area (Å²) >= 11 is 1.87. The lowest BCUT2D eigenvalue weighted by Crippen LogP contribution is -2.53. The SMILES string of the molecule is CC1CN(SN2CCNCC2)C(C)CC1NC(=O)c1cc(C2CC2)on1. The van der Waals surface area contributed by atoms with Crippen LogP contribution in [0.4, 0.5) is 0 Å². The van der Waals surface area contributed by atoms with E-state index in [4.69, 9.17) is 4.52 Å². The molecule has 4 rings (SSSR count). The number of piperidine rings is 1. The Morgan fingerprint density at radius 3 is 2.85 bits per heavy atom. The van der Waals surface area contributed by atoms with Gasteiger partial charge in [-0.05, 0) is 32.1 Å². The highest BCUT2D eigenvalue weighted by Gasteiger charge is 2.35. The number of amides is 1. The molecule has 3 atom stereocenters. The zero-order chi connectivity index (χ0) is 18.1. The molecule has 0 bridgehead atoms. The summed E-state index contributed by atoms with van der Waals surface area (Å²) in [6.45, 7) is 9.73. The maximum absolute atomic E-state index is 12.6. The molecule has 3 aliphatic rings. The van der Waals surface area contributed by atoms with Crippen LogP contribution in [0.2, 0.25) is 0 Å². The molecule has 2 aliphatic heterocycles. The summed E-state index contributed by atoms with van der Waals surface area (Å²) in [4.78, 5) is 12.6. The molecule has 1 amide bonds. The number of nitrogens with one attached hydrogen (secondary N) is 2.